The van der Waals surface area contributed by atoms with E-state index in [9.17, 15) is 9.90 Å². The van der Waals surface area contributed by atoms with Gasteiger partial charge in [-0.25, -0.2) is 4.79 Å². The van der Waals surface area contributed by atoms with Crippen LogP contribution >= 0.6 is 0 Å². The molecule has 0 unspecified atom stereocenters. The molecule has 23 heavy (non-hydrogen) atoms. The number of rotatable bonds is 4. The van der Waals surface area contributed by atoms with Crippen LogP contribution in [0.2, 0.25) is 0 Å². The summed E-state index contributed by atoms with van der Waals surface area (Å²) in [5.41, 5.74) is -2.06. The van der Waals surface area contributed by atoms with E-state index in [1.54, 1.807) is 24.3 Å². The fourth-order valence-corrected chi connectivity index (χ4v) is 3.69. The van der Waals surface area contributed by atoms with E-state index in [1.165, 1.54) is 12.5 Å². The number of hydrogen-bond donors (Lipinski definition) is 1. The van der Waals surface area contributed by atoms with Gasteiger partial charge in [-0.15, -0.1) is 4.65 Å². The molecular formula is C17H20NO5+. The Morgan fingerprint density at radius 2 is 1.61 bits per heavy atom. The van der Waals surface area contributed by atoms with E-state index in [0.717, 1.165) is 44.8 Å². The van der Waals surface area contributed by atoms with Crippen LogP contribution in [-0.2, 0) is 15.2 Å². The number of fused-ring (bicyclic) bond motifs is 3. The third kappa shape index (κ3) is 2.29. The molecule has 3 saturated heterocycles. The number of carbonyl (C=O) groups excluding carboxylic acids is 1. The smallest absolute Gasteiger partial charge is 0.413 e. The van der Waals surface area contributed by atoms with Gasteiger partial charge in [-0.3, -0.25) is 4.84 Å². The van der Waals surface area contributed by atoms with Gasteiger partial charge in [-0.1, -0.05) is 0 Å². The second-order valence-electron chi connectivity index (χ2n) is 6.50. The maximum Gasteiger partial charge on any atom is 0.413 e. The van der Waals surface area contributed by atoms with Crippen LogP contribution < -0.4 is 0 Å². The van der Waals surface area contributed by atoms with Crippen LogP contribution in [0.5, 0.6) is 0 Å². The fraction of sp³-hybridized carbons (Fsp3) is 0.471. The van der Waals surface area contributed by atoms with Crippen molar-refractivity contribution in [2.24, 2.45) is 5.92 Å². The summed E-state index contributed by atoms with van der Waals surface area (Å²) in [6.45, 7) is 2.42. The van der Waals surface area contributed by atoms with Crippen LogP contribution in [-0.4, -0.2) is 35.4 Å². The quantitative estimate of drug-likeness (QED) is 0.875. The number of quaternary nitrogens is 1. The molecule has 6 heteroatoms. The standard InChI is InChI=1S/C17H20NO5/c19-16(23-18-8-5-13(6-9-18)7-10-18)17(20,14-3-1-11-21-14)15-4-2-12-22-15/h1-4,11-13,20H,5-10H2/q+1. The first-order valence-electron chi connectivity index (χ1n) is 8.03. The average Bonchev–Trinajstić information content (AvgIpc) is 3.29. The fourth-order valence-electron chi connectivity index (χ4n) is 3.69. The molecule has 0 saturated carbocycles. The van der Waals surface area contributed by atoms with Crippen LogP contribution in [0.1, 0.15) is 30.8 Å². The lowest BCUT2D eigenvalue weighted by Gasteiger charge is -2.45. The zero-order valence-electron chi connectivity index (χ0n) is 12.8. The van der Waals surface area contributed by atoms with Gasteiger partial charge in [-0.2, -0.15) is 0 Å². The van der Waals surface area contributed by atoms with Gasteiger partial charge < -0.3 is 13.9 Å². The molecule has 2 aromatic rings. The Labute approximate surface area is 133 Å². The monoisotopic (exact) mass is 318 g/mol. The molecule has 0 radical (unpaired) electrons. The molecule has 3 aliphatic rings. The van der Waals surface area contributed by atoms with Crippen molar-refractivity contribution in [2.45, 2.75) is 24.9 Å². The van der Waals surface area contributed by atoms with Crippen molar-refractivity contribution < 1.29 is 28.2 Å². The topological polar surface area (TPSA) is 72.8 Å². The largest absolute Gasteiger partial charge is 0.465 e. The lowest BCUT2D eigenvalue weighted by molar-refractivity contribution is -1.10. The van der Waals surface area contributed by atoms with Crippen molar-refractivity contribution in [3.05, 3.63) is 48.3 Å². The number of furan rings is 2. The first-order valence-corrected chi connectivity index (χ1v) is 8.03. The molecule has 6 nitrogen and oxygen atoms in total. The van der Waals surface area contributed by atoms with Crippen molar-refractivity contribution >= 4 is 5.97 Å². The highest BCUT2D eigenvalue weighted by atomic mass is 16.8. The number of hydroxylamine groups is 3. The average molecular weight is 318 g/mol. The molecule has 0 atom stereocenters. The van der Waals surface area contributed by atoms with Crippen LogP contribution in [0.25, 0.3) is 0 Å². The lowest BCUT2D eigenvalue weighted by atomic mass is 9.88. The molecule has 3 fully saturated rings. The van der Waals surface area contributed by atoms with Crippen LogP contribution in [0.3, 0.4) is 0 Å². The van der Waals surface area contributed by atoms with E-state index in [-0.39, 0.29) is 11.5 Å². The first kappa shape index (κ1) is 14.5. The summed E-state index contributed by atoms with van der Waals surface area (Å²) >= 11 is 0. The molecule has 0 spiro atoms. The van der Waals surface area contributed by atoms with Gasteiger partial charge in [-0.05, 0) is 30.2 Å². The summed E-state index contributed by atoms with van der Waals surface area (Å²) < 4.78 is 10.9. The molecule has 3 aliphatic heterocycles. The molecule has 2 aromatic heterocycles. The van der Waals surface area contributed by atoms with Gasteiger partial charge in [0.05, 0.1) is 12.5 Å². The first-order chi connectivity index (χ1) is 11.1. The van der Waals surface area contributed by atoms with Crippen LogP contribution in [0, 0.1) is 5.92 Å². The number of hydrogen-bond acceptors (Lipinski definition) is 5. The third-order valence-electron chi connectivity index (χ3n) is 5.16. The minimum Gasteiger partial charge on any atom is -0.465 e. The molecular weight excluding hydrogens is 298 g/mol. The number of aliphatic hydroxyl groups is 1. The number of nitrogens with zero attached hydrogens (tertiary/aromatic N) is 1. The zero-order valence-corrected chi connectivity index (χ0v) is 12.8. The Kier molecular flexibility index (Phi) is 3.32. The summed E-state index contributed by atoms with van der Waals surface area (Å²) in [6, 6.07) is 6.34. The molecule has 0 aromatic carbocycles. The molecule has 2 bridgehead atoms. The Morgan fingerprint density at radius 3 is 2.04 bits per heavy atom. The highest BCUT2D eigenvalue weighted by molar-refractivity contribution is 5.83. The summed E-state index contributed by atoms with van der Waals surface area (Å²) in [6.07, 6.45) is 6.01. The Morgan fingerprint density at radius 1 is 1.09 bits per heavy atom. The SMILES string of the molecule is O=C(O[N+]12CCC(CC1)CC2)C(O)(c1ccco1)c1ccco1. The van der Waals surface area contributed by atoms with Crippen LogP contribution in [0.15, 0.2) is 45.6 Å². The molecule has 0 amide bonds. The minimum absolute atomic E-state index is 0.0996. The van der Waals surface area contributed by atoms with Crippen molar-refractivity contribution in [3.63, 3.8) is 0 Å². The van der Waals surface area contributed by atoms with E-state index in [4.69, 9.17) is 13.7 Å². The van der Waals surface area contributed by atoms with Gasteiger partial charge in [0, 0.05) is 19.3 Å². The Hall–Kier alpha value is -2.05. The number of carbonyl (C=O) groups is 1. The molecule has 5 heterocycles. The highest BCUT2D eigenvalue weighted by Crippen LogP contribution is 2.37. The van der Waals surface area contributed by atoms with E-state index in [2.05, 4.69) is 0 Å². The van der Waals surface area contributed by atoms with Crippen LogP contribution in [0.4, 0.5) is 0 Å². The zero-order chi connectivity index (χ0) is 15.9. The lowest BCUT2D eigenvalue weighted by Crippen LogP contribution is -2.60. The van der Waals surface area contributed by atoms with Gasteiger partial charge in [0.25, 0.3) is 5.60 Å². The van der Waals surface area contributed by atoms with Crippen molar-refractivity contribution in [1.82, 2.24) is 0 Å². The minimum atomic E-state index is -2.06. The maximum atomic E-state index is 12.9. The van der Waals surface area contributed by atoms with E-state index in [0.29, 0.717) is 4.65 Å². The second kappa shape index (κ2) is 5.25. The maximum absolute atomic E-state index is 12.9. The van der Waals surface area contributed by atoms with Crippen molar-refractivity contribution in [2.75, 3.05) is 19.6 Å². The summed E-state index contributed by atoms with van der Waals surface area (Å²) in [5.74, 6) is 0.204. The van der Waals surface area contributed by atoms with Crippen molar-refractivity contribution in [1.29, 1.82) is 0 Å². The normalized spacial score (nSPS) is 27.1. The second-order valence-corrected chi connectivity index (χ2v) is 6.50. The van der Waals surface area contributed by atoms with Gasteiger partial charge in [0.1, 0.15) is 19.6 Å². The van der Waals surface area contributed by atoms with Gasteiger partial charge >= 0.3 is 5.97 Å². The predicted octanol–water partition coefficient (Wildman–Crippen LogP) is 2.20. The molecule has 1 N–H and O–H groups in total. The Balaban J connectivity index is 1.66. The van der Waals surface area contributed by atoms with E-state index in [1.807, 2.05) is 0 Å². The van der Waals surface area contributed by atoms with Crippen molar-refractivity contribution in [3.8, 4) is 0 Å². The summed E-state index contributed by atoms with van der Waals surface area (Å²) in [5, 5.41) is 11.1. The van der Waals surface area contributed by atoms with Gasteiger partial charge in [0.15, 0.2) is 11.5 Å². The molecule has 5 rings (SSSR count). The molecule has 0 aliphatic carbocycles. The summed E-state index contributed by atoms with van der Waals surface area (Å²) in [7, 11) is 0. The highest BCUT2D eigenvalue weighted by Gasteiger charge is 2.53. The molecule has 122 valence electrons. The van der Waals surface area contributed by atoms with E-state index >= 15 is 0 Å². The summed E-state index contributed by atoms with van der Waals surface area (Å²) in [4.78, 5) is 18.7. The van der Waals surface area contributed by atoms with Gasteiger partial charge in [0.2, 0.25) is 0 Å². The number of piperidine rings is 3. The van der Waals surface area contributed by atoms with E-state index < -0.39 is 11.6 Å². The predicted molar refractivity (Wildman–Crippen MR) is 78.7 cm³/mol. The third-order valence-corrected chi connectivity index (χ3v) is 5.16. The Bertz CT molecular complexity index is 620.